The van der Waals surface area contributed by atoms with Gasteiger partial charge in [0.1, 0.15) is 11.6 Å². The molecule has 5 aromatic rings. The summed E-state index contributed by atoms with van der Waals surface area (Å²) in [4.78, 5) is 0. The molecule has 0 bridgehead atoms. The average Bonchev–Trinajstić information content (AvgIpc) is 2.80. The Balaban J connectivity index is 2.13. The van der Waals surface area contributed by atoms with Crippen molar-refractivity contribution in [1.29, 1.82) is 0 Å². The second-order valence-electron chi connectivity index (χ2n) is 7.28. The van der Waals surface area contributed by atoms with E-state index in [1.165, 1.54) is 12.1 Å². The summed E-state index contributed by atoms with van der Waals surface area (Å²) in [6.45, 7) is 0. The van der Waals surface area contributed by atoms with Crippen molar-refractivity contribution in [2.75, 3.05) is 0 Å². The molecule has 0 aliphatic carbocycles. The van der Waals surface area contributed by atoms with Crippen molar-refractivity contribution in [2.45, 2.75) is 0 Å². The topological polar surface area (TPSA) is 0 Å². The monoisotopic (exact) mass is 438 g/mol. The summed E-state index contributed by atoms with van der Waals surface area (Å²) in [6.07, 6.45) is 0. The van der Waals surface area contributed by atoms with Gasteiger partial charge in [-0.2, -0.15) is 0 Å². The molecule has 0 heterocycles. The predicted octanol–water partition coefficient (Wildman–Crippen LogP) is 8.16. The first kappa shape index (κ1) is 20.1. The SMILES string of the molecule is Fc1cc(F)c(F)c(-c2c3ccccc3c(-c3ccccc3)c3c(F)ccc(F)c23)c1F. The van der Waals surface area contributed by atoms with Gasteiger partial charge in [0.15, 0.2) is 23.3 Å². The maximum Gasteiger partial charge on any atom is 0.169 e. The van der Waals surface area contributed by atoms with Crippen LogP contribution in [-0.2, 0) is 0 Å². The van der Waals surface area contributed by atoms with E-state index in [-0.39, 0.29) is 16.8 Å². The minimum Gasteiger partial charge on any atom is -0.206 e. The minimum atomic E-state index is -1.69. The average molecular weight is 438 g/mol. The highest BCUT2D eigenvalue weighted by molar-refractivity contribution is 6.21. The summed E-state index contributed by atoms with van der Waals surface area (Å²) < 4.78 is 88.2. The predicted molar refractivity (Wildman–Crippen MR) is 112 cm³/mol. The van der Waals surface area contributed by atoms with Gasteiger partial charge in [0.2, 0.25) is 0 Å². The largest absolute Gasteiger partial charge is 0.206 e. The molecule has 0 aliphatic heterocycles. The summed E-state index contributed by atoms with van der Waals surface area (Å²) in [7, 11) is 0. The third-order valence-electron chi connectivity index (χ3n) is 5.49. The first-order valence-electron chi connectivity index (χ1n) is 9.61. The van der Waals surface area contributed by atoms with Crippen LogP contribution in [-0.4, -0.2) is 0 Å². The van der Waals surface area contributed by atoms with Crippen molar-refractivity contribution in [1.82, 2.24) is 0 Å². The highest BCUT2D eigenvalue weighted by Gasteiger charge is 2.28. The molecule has 6 heteroatoms. The fourth-order valence-electron chi connectivity index (χ4n) is 4.19. The lowest BCUT2D eigenvalue weighted by atomic mass is 9.85. The van der Waals surface area contributed by atoms with E-state index >= 15 is 8.78 Å². The maximum absolute atomic E-state index is 15.2. The van der Waals surface area contributed by atoms with Crippen LogP contribution in [0.2, 0.25) is 0 Å². The molecular weight excluding hydrogens is 426 g/mol. The zero-order valence-electron chi connectivity index (χ0n) is 16.2. The Kier molecular flexibility index (Phi) is 4.66. The number of benzene rings is 5. The van der Waals surface area contributed by atoms with Crippen molar-refractivity contribution in [2.24, 2.45) is 0 Å². The van der Waals surface area contributed by atoms with Crippen LogP contribution in [0.3, 0.4) is 0 Å². The second kappa shape index (κ2) is 7.41. The molecule has 0 spiro atoms. The third-order valence-corrected chi connectivity index (χ3v) is 5.49. The quantitative estimate of drug-likeness (QED) is 0.148. The number of hydrogen-bond acceptors (Lipinski definition) is 0. The normalized spacial score (nSPS) is 11.4. The minimum absolute atomic E-state index is 0.0772. The zero-order valence-corrected chi connectivity index (χ0v) is 16.2. The van der Waals surface area contributed by atoms with E-state index in [4.69, 9.17) is 0 Å². The molecule has 32 heavy (non-hydrogen) atoms. The van der Waals surface area contributed by atoms with E-state index in [0.717, 1.165) is 12.1 Å². The zero-order chi connectivity index (χ0) is 22.6. The summed E-state index contributed by atoms with van der Waals surface area (Å²) in [5, 5.41) is -0.251. The van der Waals surface area contributed by atoms with Gasteiger partial charge in [-0.05, 0) is 28.5 Å². The highest BCUT2D eigenvalue weighted by atomic mass is 19.2. The van der Waals surface area contributed by atoms with Crippen LogP contribution in [0, 0.1) is 34.9 Å². The van der Waals surface area contributed by atoms with Gasteiger partial charge in [0, 0.05) is 28.0 Å². The molecule has 0 nitrogen and oxygen atoms in total. The fraction of sp³-hybridized carbons (Fsp3) is 0. The van der Waals surface area contributed by atoms with Gasteiger partial charge in [0.05, 0.1) is 5.56 Å². The molecule has 0 N–H and O–H groups in total. The van der Waals surface area contributed by atoms with E-state index in [1.807, 2.05) is 0 Å². The Bertz CT molecular complexity index is 1500. The van der Waals surface area contributed by atoms with E-state index < -0.39 is 51.4 Å². The fourth-order valence-corrected chi connectivity index (χ4v) is 4.19. The lowest BCUT2D eigenvalue weighted by molar-refractivity contribution is 0.458. The molecule has 5 rings (SSSR count). The third kappa shape index (κ3) is 2.87. The molecule has 0 amide bonds. The summed E-state index contributed by atoms with van der Waals surface area (Å²) in [6, 6.07) is 16.5. The van der Waals surface area contributed by atoms with Gasteiger partial charge >= 0.3 is 0 Å². The molecule has 0 radical (unpaired) electrons. The van der Waals surface area contributed by atoms with Crippen molar-refractivity contribution >= 4 is 21.5 Å². The van der Waals surface area contributed by atoms with E-state index in [1.54, 1.807) is 42.5 Å². The molecule has 5 aromatic carbocycles. The maximum atomic E-state index is 15.2. The Morgan fingerprint density at radius 1 is 0.406 bits per heavy atom. The van der Waals surface area contributed by atoms with Gasteiger partial charge in [-0.25, -0.2) is 26.3 Å². The van der Waals surface area contributed by atoms with Crippen LogP contribution in [0.25, 0.3) is 43.8 Å². The number of hydrogen-bond donors (Lipinski definition) is 0. The van der Waals surface area contributed by atoms with Crippen molar-refractivity contribution in [3.8, 4) is 22.3 Å². The lowest BCUT2D eigenvalue weighted by Crippen LogP contribution is -2.02. The number of fused-ring (bicyclic) bond motifs is 2. The van der Waals surface area contributed by atoms with Gasteiger partial charge in [-0.1, -0.05) is 54.6 Å². The van der Waals surface area contributed by atoms with E-state index in [0.29, 0.717) is 16.5 Å². The summed E-state index contributed by atoms with van der Waals surface area (Å²) in [5.41, 5.74) is -0.709. The second-order valence-corrected chi connectivity index (χ2v) is 7.28. The Morgan fingerprint density at radius 2 is 0.875 bits per heavy atom. The molecule has 0 aliphatic rings. The van der Waals surface area contributed by atoms with Crippen LogP contribution < -0.4 is 0 Å². The molecule has 0 saturated heterocycles. The number of rotatable bonds is 2. The molecule has 0 saturated carbocycles. The van der Waals surface area contributed by atoms with Crippen molar-refractivity contribution < 1.29 is 26.3 Å². The smallest absolute Gasteiger partial charge is 0.169 e. The summed E-state index contributed by atoms with van der Waals surface area (Å²) in [5.74, 6) is -8.48. The Hall–Kier alpha value is -3.80. The van der Waals surface area contributed by atoms with Gasteiger partial charge in [-0.15, -0.1) is 0 Å². The van der Waals surface area contributed by atoms with Crippen LogP contribution in [0.1, 0.15) is 0 Å². The van der Waals surface area contributed by atoms with Gasteiger partial charge < -0.3 is 0 Å². The van der Waals surface area contributed by atoms with E-state index in [9.17, 15) is 17.6 Å². The van der Waals surface area contributed by atoms with Crippen molar-refractivity contribution in [3.63, 3.8) is 0 Å². The molecular formula is C26H12F6. The molecule has 158 valence electrons. The van der Waals surface area contributed by atoms with E-state index in [2.05, 4.69) is 0 Å². The number of halogens is 6. The first-order valence-corrected chi connectivity index (χ1v) is 9.61. The summed E-state index contributed by atoms with van der Waals surface area (Å²) >= 11 is 0. The lowest BCUT2D eigenvalue weighted by Gasteiger charge is -2.19. The van der Waals surface area contributed by atoms with Crippen LogP contribution >= 0.6 is 0 Å². The molecule has 0 aromatic heterocycles. The molecule has 0 fully saturated rings. The van der Waals surface area contributed by atoms with Gasteiger partial charge in [0.25, 0.3) is 0 Å². The molecule has 0 unspecified atom stereocenters. The highest BCUT2D eigenvalue weighted by Crippen LogP contribution is 2.46. The van der Waals surface area contributed by atoms with Gasteiger partial charge in [-0.3, -0.25) is 0 Å². The Morgan fingerprint density at radius 3 is 1.44 bits per heavy atom. The van der Waals surface area contributed by atoms with Crippen LogP contribution in [0.15, 0.2) is 72.8 Å². The van der Waals surface area contributed by atoms with Crippen molar-refractivity contribution in [3.05, 3.63) is 108 Å². The standard InChI is InChI=1S/C26H12F6/c27-16-10-11-17(28)23-21(24-25(31)18(29)12-19(30)26(24)32)15-9-5-4-8-14(15)20(22(16)23)13-6-2-1-3-7-13/h1-12H. The first-order chi connectivity index (χ1) is 15.4. The Labute approximate surface area is 178 Å². The van der Waals surface area contributed by atoms with Crippen LogP contribution in [0.4, 0.5) is 26.3 Å². The molecule has 0 atom stereocenters. The van der Waals surface area contributed by atoms with Crippen LogP contribution in [0.5, 0.6) is 0 Å².